The largest absolute Gasteiger partial charge is 0.419 e. The number of benzene rings is 4. The van der Waals surface area contributed by atoms with E-state index < -0.39 is 62.4 Å². The van der Waals surface area contributed by atoms with Gasteiger partial charge in [-0.15, -0.1) is 5.10 Å². The molecular formula is C105H125F7N24O11. The van der Waals surface area contributed by atoms with E-state index in [1.807, 2.05) is 107 Å². The molecule has 17 rings (SSSR count). The summed E-state index contributed by atoms with van der Waals surface area (Å²) in [7, 11) is 1.62. The first-order valence-electron chi connectivity index (χ1n) is 48.4. The predicted molar refractivity (Wildman–Crippen MR) is 534 cm³/mol. The number of hydrogen-bond donors (Lipinski definition) is 3. The van der Waals surface area contributed by atoms with E-state index in [1.165, 1.54) is 102 Å². The number of aliphatic hydroxyl groups is 3. The van der Waals surface area contributed by atoms with E-state index in [4.69, 9.17) is 0 Å². The number of nitrogens with zero attached hydrogens (tertiary/aromatic N) is 24. The maximum atomic E-state index is 14.3. The second-order valence-electron chi connectivity index (χ2n) is 43.6. The second kappa shape index (κ2) is 40.1. The Balaban J connectivity index is 0.000000155. The minimum Gasteiger partial charge on any atom is -0.381 e. The number of imidazole rings is 4. The molecule has 780 valence electrons. The van der Waals surface area contributed by atoms with Crippen LogP contribution in [0.2, 0.25) is 0 Å². The van der Waals surface area contributed by atoms with Crippen LogP contribution in [-0.2, 0) is 37.8 Å². The van der Waals surface area contributed by atoms with E-state index in [1.54, 1.807) is 121 Å². The number of piperazine rings is 4. The Morgan fingerprint density at radius 2 is 0.735 bits per heavy atom. The molecule has 0 radical (unpaired) electrons. The Kier molecular flexibility index (Phi) is 29.5. The summed E-state index contributed by atoms with van der Waals surface area (Å²) < 4.78 is 101. The van der Waals surface area contributed by atoms with Crippen molar-refractivity contribution in [3.05, 3.63) is 213 Å². The number of aryl methyl sites for hydroxylation is 2. The molecule has 4 fully saturated rings. The highest BCUT2D eigenvalue weighted by molar-refractivity contribution is 6.05. The number of carbonyl (C=O) groups excluding carboxylic acids is 8. The summed E-state index contributed by atoms with van der Waals surface area (Å²) in [6, 6.07) is 27.3. The number of amides is 8. The van der Waals surface area contributed by atoms with E-state index in [-0.39, 0.29) is 155 Å². The Hall–Kier alpha value is -14.4. The third-order valence-corrected chi connectivity index (χ3v) is 26.5. The molecule has 4 aliphatic heterocycles. The molecule has 0 saturated carbocycles. The molecule has 4 aliphatic rings. The van der Waals surface area contributed by atoms with Crippen molar-refractivity contribution in [2.45, 2.75) is 234 Å². The Labute approximate surface area is 845 Å². The van der Waals surface area contributed by atoms with Crippen LogP contribution < -0.4 is 4.90 Å². The number of halogens is 7. The molecule has 0 spiro atoms. The van der Waals surface area contributed by atoms with Crippen molar-refractivity contribution in [1.29, 1.82) is 0 Å². The quantitative estimate of drug-likeness (QED) is 0.0802. The standard InChI is InChI=1S/C27H31F4N5O3.C27H34FN5O3.C26H32FN5O3.C25H28FN9O2/c1-15(2)17-12-20(16-7-8-18(19(28)11-16)27(29,30)31)33-36-13-21(32-22(17)36)23(37)35-10-9-34(14-25(35,3)4)24(38)26(5,6)39;1-16(2)19-13-21(18-9-8-17(3)20(28)12-18)30-33-14-22(29-23(19)33)24(34)32-11-10-31(15-26(32,4)5)25(35)27(6,7)36;1-16(2)19-13-20(17-8-7-9-18(27)12-17)29-32-14-21(28-22(19)32)23(33)31-11-10-30(15-25(31,3)4)24(34)26(5,6)35;1-24(2,3)17-13-18(15-7-9-16(26)10-8-15)29-35-14-19(27-20(17)35)21(36)34-12-11-33(22(37)25(34,4)5)23-28-31-32(6)30-23/h7-8,11-13,15,39H,9-10,14H2,1-6H3;8-9,12-14,16,36H,10-11,15H2,1-7H3;7-9,12-14,16,35H,10-11,15H2,1-6H3;7-10,13-14H,11-12H2,1-6H3. The van der Waals surface area contributed by atoms with Gasteiger partial charge in [0.25, 0.3) is 53.2 Å². The third kappa shape index (κ3) is 22.8. The van der Waals surface area contributed by atoms with E-state index in [9.17, 15) is 84.4 Å². The summed E-state index contributed by atoms with van der Waals surface area (Å²) in [5.74, 6) is -4.77. The van der Waals surface area contributed by atoms with Crippen LogP contribution in [-0.4, -0.2) is 286 Å². The van der Waals surface area contributed by atoms with Gasteiger partial charge >= 0.3 is 6.18 Å². The van der Waals surface area contributed by atoms with E-state index in [0.717, 1.165) is 34.4 Å². The molecule has 0 atom stereocenters. The summed E-state index contributed by atoms with van der Waals surface area (Å²) >= 11 is 0. The first-order valence-corrected chi connectivity index (χ1v) is 48.4. The number of anilines is 1. The van der Waals surface area contributed by atoms with Gasteiger partial charge in [0, 0.05) is 116 Å². The van der Waals surface area contributed by atoms with Crippen LogP contribution in [0.4, 0.5) is 36.7 Å². The van der Waals surface area contributed by atoms with Crippen molar-refractivity contribution in [1.82, 2.24) is 113 Å². The van der Waals surface area contributed by atoms with Crippen LogP contribution in [0.5, 0.6) is 0 Å². The second-order valence-corrected chi connectivity index (χ2v) is 43.6. The minimum absolute atomic E-state index is 0.0910. The molecule has 8 amide bonds. The molecule has 0 aliphatic carbocycles. The summed E-state index contributed by atoms with van der Waals surface area (Å²) in [4.78, 5) is 138. The molecule has 42 heteroatoms. The zero-order valence-electron chi connectivity index (χ0n) is 87.2. The molecule has 4 saturated heterocycles. The molecule has 0 bridgehead atoms. The molecule has 13 heterocycles. The Bertz CT molecular complexity index is 7290. The van der Waals surface area contributed by atoms with Crippen LogP contribution in [0.25, 0.3) is 67.6 Å². The zero-order valence-corrected chi connectivity index (χ0v) is 87.2. The monoisotopic (exact) mass is 2030 g/mol. The fourth-order valence-corrected chi connectivity index (χ4v) is 18.5. The van der Waals surface area contributed by atoms with Crippen molar-refractivity contribution < 1.29 is 84.4 Å². The number of hydrogen-bond acceptors (Lipinski definition) is 22. The van der Waals surface area contributed by atoms with Crippen molar-refractivity contribution in [3.63, 3.8) is 0 Å². The summed E-state index contributed by atoms with van der Waals surface area (Å²) in [5.41, 5.74) is 1.70. The topological polar surface area (TPSA) is 388 Å². The van der Waals surface area contributed by atoms with Crippen LogP contribution in [0.1, 0.15) is 252 Å². The van der Waals surface area contributed by atoms with Crippen molar-refractivity contribution in [2.75, 3.05) is 76.9 Å². The number of fused-ring (bicyclic) bond motifs is 4. The van der Waals surface area contributed by atoms with Crippen LogP contribution in [0.15, 0.2) is 134 Å². The van der Waals surface area contributed by atoms with Crippen molar-refractivity contribution >= 4 is 75.8 Å². The van der Waals surface area contributed by atoms with Crippen LogP contribution >= 0.6 is 0 Å². The van der Waals surface area contributed by atoms with Gasteiger partial charge in [-0.05, 0) is 217 Å². The van der Waals surface area contributed by atoms with Gasteiger partial charge in [-0.1, -0.05) is 97.7 Å². The first kappa shape index (κ1) is 108. The average Bonchev–Trinajstić information content (AvgIpc) is 1.65. The average molecular weight is 2030 g/mol. The highest BCUT2D eigenvalue weighted by atomic mass is 19.4. The lowest BCUT2D eigenvalue weighted by Crippen LogP contribution is -2.65. The van der Waals surface area contributed by atoms with Gasteiger partial charge in [0.15, 0.2) is 22.6 Å². The molecule has 13 aromatic rings. The smallest absolute Gasteiger partial charge is 0.381 e. The van der Waals surface area contributed by atoms with Gasteiger partial charge in [0.1, 0.15) is 68.4 Å². The molecule has 35 nitrogen and oxygen atoms in total. The third-order valence-electron chi connectivity index (χ3n) is 26.5. The fraction of sp³-hybridized carbons (Fsp3) is 0.457. The Morgan fingerprint density at radius 1 is 0.388 bits per heavy atom. The van der Waals surface area contributed by atoms with Crippen LogP contribution in [0.3, 0.4) is 0 Å². The lowest BCUT2D eigenvalue weighted by molar-refractivity contribution is -0.152. The highest BCUT2D eigenvalue weighted by Crippen LogP contribution is 2.40. The molecule has 3 N–H and O–H groups in total. The molecule has 0 unspecified atom stereocenters. The van der Waals surface area contributed by atoms with E-state index in [2.05, 4.69) is 76.5 Å². The van der Waals surface area contributed by atoms with Gasteiger partial charge < -0.3 is 49.6 Å². The maximum Gasteiger partial charge on any atom is 0.419 e. The summed E-state index contributed by atoms with van der Waals surface area (Å²) in [6.07, 6.45) is 1.43. The number of rotatable bonds is 15. The van der Waals surface area contributed by atoms with E-state index >= 15 is 0 Å². The van der Waals surface area contributed by atoms with Gasteiger partial charge in [-0.2, -0.15) is 38.4 Å². The number of carbonyl (C=O) groups is 8. The molecule has 147 heavy (non-hydrogen) atoms. The molecular weight excluding hydrogens is 1910 g/mol. The minimum atomic E-state index is -4.82. The lowest BCUT2D eigenvalue weighted by Gasteiger charge is -2.47. The van der Waals surface area contributed by atoms with Crippen molar-refractivity contribution in [2.24, 2.45) is 7.05 Å². The van der Waals surface area contributed by atoms with Gasteiger partial charge in [0.2, 0.25) is 0 Å². The fourth-order valence-electron chi connectivity index (χ4n) is 18.5. The predicted octanol–water partition coefficient (Wildman–Crippen LogP) is 14.4. The maximum absolute atomic E-state index is 14.3. The highest BCUT2D eigenvalue weighted by Gasteiger charge is 2.50. The van der Waals surface area contributed by atoms with E-state index in [0.29, 0.717) is 107 Å². The van der Waals surface area contributed by atoms with Gasteiger partial charge in [0.05, 0.1) is 76.8 Å². The number of alkyl halides is 3. The number of tetrazole rings is 1. The summed E-state index contributed by atoms with van der Waals surface area (Å²) in [5, 5.41) is 60.6. The SMILES string of the molecule is CC(C)c1cc(-c2ccc(C(F)(F)F)c(F)c2)nn2cc(C(=O)N3CCN(C(=O)C(C)(C)O)CC3(C)C)nc12.CC(C)c1cc(-c2cccc(F)c2)nn2cc(C(=O)N3CCN(C(=O)C(C)(C)O)CC3(C)C)nc12.Cc1ccc(-c2cc(C(C)C)c3nc(C(=O)N4CCN(C(=O)C(C)(C)O)CC4(C)C)cn3n2)cc1F.Cn1nnc(N2CCN(C(=O)c3cn4nc(-c5ccc(F)cc5)cc(C(C)(C)C)c4n3)C(C)(C)C2=O)n1. The Morgan fingerprint density at radius 3 is 1.07 bits per heavy atom. The zero-order chi connectivity index (χ0) is 108. The summed E-state index contributed by atoms with van der Waals surface area (Å²) in [6.45, 7) is 46.1. The van der Waals surface area contributed by atoms with Crippen LogP contribution in [0, 0.1) is 30.2 Å². The first-order chi connectivity index (χ1) is 68.2. The lowest BCUT2D eigenvalue weighted by atomic mass is 9.87. The number of aromatic nitrogens is 16. The van der Waals surface area contributed by atoms with Gasteiger partial charge in [-0.3, -0.25) is 43.3 Å². The van der Waals surface area contributed by atoms with Crippen molar-refractivity contribution in [3.8, 4) is 45.0 Å². The molecule has 4 aromatic carbocycles. The normalized spacial score (nSPS) is 16.2. The molecule has 9 aromatic heterocycles. The van der Waals surface area contributed by atoms with Gasteiger partial charge in [-0.25, -0.2) is 55.6 Å².